The average Bonchev–Trinajstić information content (AvgIpc) is 0.831. The number of phenolic OH excluding ortho intramolecular Hbond substituents is 4. The van der Waals surface area contributed by atoms with Gasteiger partial charge in [-0.2, -0.15) is 13.2 Å². The molecule has 0 aliphatic carbocycles. The van der Waals surface area contributed by atoms with Crippen molar-refractivity contribution in [2.24, 2.45) is 0 Å². The van der Waals surface area contributed by atoms with Gasteiger partial charge in [0, 0.05) is 197 Å². The number of aliphatic hydroxyl groups is 1. The Kier molecular flexibility index (Phi) is 51.1. The Labute approximate surface area is 847 Å². The fourth-order valence-electron chi connectivity index (χ4n) is 14.7. The number of ether oxygens (including phenoxy) is 4. The van der Waals surface area contributed by atoms with Crippen LogP contribution < -0.4 is 19.1 Å². The SMILES string of the molecule is CN(Cc1ccccc1CN1CCOCC1)C(=O)CCCSc1ccc(O)cc1.CN(Cc1ccccc1N1CCN(CCO)CC1)C(=O)CCCSc1ccc(O)cc1.COc1c(Cl)cc(Cl)cc1CN(C)C(=O)CCCSc1ccc(O)cc1.COc1cc(C)ccc1CN(C)C(=O)CCCSc1ccc(O)cc1.COc1ccccc1CN(CC(F)(F)F)C(=O)CCCSc1ccc(F)cc1. The van der Waals surface area contributed by atoms with Gasteiger partial charge in [-0.1, -0.05) is 96.0 Å². The number of amides is 5. The lowest BCUT2D eigenvalue weighted by Gasteiger charge is -2.37. The van der Waals surface area contributed by atoms with Gasteiger partial charge in [0.15, 0.2) is 0 Å². The zero-order valence-electron chi connectivity index (χ0n) is 80.3. The number of aromatic hydroxyl groups is 4. The number of carbonyl (C=O) groups is 5. The third-order valence-electron chi connectivity index (χ3n) is 22.3. The van der Waals surface area contributed by atoms with Crippen LogP contribution in [0.1, 0.15) is 103 Å². The summed E-state index contributed by atoms with van der Waals surface area (Å²) >= 11 is 20.4. The molecule has 750 valence electrons. The normalized spacial score (nSPS) is 12.5. The Bertz CT molecular complexity index is 5350. The van der Waals surface area contributed by atoms with E-state index in [-0.39, 0.29) is 72.0 Å². The number of anilines is 1. The van der Waals surface area contributed by atoms with Gasteiger partial charge in [-0.3, -0.25) is 33.8 Å². The molecule has 0 spiro atoms. The van der Waals surface area contributed by atoms with Gasteiger partial charge in [-0.25, -0.2) is 4.39 Å². The topological polar surface area (TPSA) is 249 Å². The minimum Gasteiger partial charge on any atom is -0.508 e. The molecule has 5 N–H and O–H groups in total. The van der Waals surface area contributed by atoms with Gasteiger partial charge in [0.1, 0.15) is 52.6 Å². The molecule has 2 fully saturated rings. The van der Waals surface area contributed by atoms with Crippen molar-refractivity contribution in [3.8, 4) is 40.2 Å². The van der Waals surface area contributed by atoms with Crippen LogP contribution in [0, 0.1) is 12.7 Å². The lowest BCUT2D eigenvalue weighted by Crippen LogP contribution is -2.47. The minimum atomic E-state index is -4.49. The van der Waals surface area contributed by atoms with E-state index in [2.05, 4.69) is 51.1 Å². The van der Waals surface area contributed by atoms with Gasteiger partial charge in [0.25, 0.3) is 0 Å². The first kappa shape index (κ1) is 114. The maximum atomic E-state index is 12.9. The van der Waals surface area contributed by atoms with Crippen molar-refractivity contribution in [3.63, 3.8) is 0 Å². The number of thioether (sulfide) groups is 5. The Hall–Kier alpha value is -10.2. The van der Waals surface area contributed by atoms with E-state index in [1.807, 2.05) is 117 Å². The molecule has 0 saturated carbocycles. The second-order valence-electron chi connectivity index (χ2n) is 33.1. The predicted molar refractivity (Wildman–Crippen MR) is 554 cm³/mol. The van der Waals surface area contributed by atoms with E-state index in [4.69, 9.17) is 47.3 Å². The number of hydrogen-bond acceptors (Lipinski definition) is 22. The summed E-state index contributed by atoms with van der Waals surface area (Å²) in [5, 5.41) is 47.3. The highest BCUT2D eigenvalue weighted by atomic mass is 35.5. The van der Waals surface area contributed by atoms with Crippen molar-refractivity contribution < 1.29 is 86.0 Å². The molecular weight excluding hydrogens is 1920 g/mol. The Morgan fingerprint density at radius 1 is 0.410 bits per heavy atom. The fraction of sp³-hybridized carbons (Fsp3) is 0.387. The van der Waals surface area contributed by atoms with E-state index >= 15 is 0 Å². The number of halogens is 6. The van der Waals surface area contributed by atoms with E-state index < -0.39 is 18.6 Å². The summed E-state index contributed by atoms with van der Waals surface area (Å²) < 4.78 is 73.0. The van der Waals surface area contributed by atoms with Crippen LogP contribution in [-0.4, -0.2) is 246 Å². The Balaban J connectivity index is 0.000000213. The van der Waals surface area contributed by atoms with Crippen molar-refractivity contribution in [1.82, 2.24) is 34.3 Å². The highest BCUT2D eigenvalue weighted by molar-refractivity contribution is 8.00. The van der Waals surface area contributed by atoms with E-state index in [1.165, 1.54) is 53.4 Å². The number of para-hydroxylation sites is 2. The van der Waals surface area contributed by atoms with Crippen LogP contribution in [0.15, 0.2) is 249 Å². The van der Waals surface area contributed by atoms with E-state index in [1.54, 1.807) is 175 Å². The van der Waals surface area contributed by atoms with Crippen molar-refractivity contribution in [1.29, 1.82) is 0 Å². The smallest absolute Gasteiger partial charge is 0.406 e. The molecule has 0 atom stereocenters. The molecular formula is C106H130Cl2F4N8O14S5. The molecule has 0 bridgehead atoms. The van der Waals surface area contributed by atoms with E-state index in [0.29, 0.717) is 91.1 Å². The lowest BCUT2D eigenvalue weighted by atomic mass is 10.1. The number of aliphatic hydroxyl groups excluding tert-OH is 1. The molecule has 2 saturated heterocycles. The standard InChI is InChI=1S/C24H33N3O3S.C23H30N2O3S.C20H21F4NO2S.C20H25NO3S.C19H21Cl2NO3S/c1-25(24(30)7-4-18-31-22-10-8-21(29)9-11-22)19-20-5-2-3-6-23(20)27-14-12-26(13-15-27)16-17-28;1-24(23(27)7-4-16-29-22-10-8-21(26)9-11-22)17-19-5-2-3-6-20(19)18-25-12-14-28-15-13-25;1-27-18-6-3-2-5-15(18)13-25(14-20(22,23)24)19(26)7-4-12-28-17-10-8-16(21)9-11-17;1-15-6-7-16(19(13-15)24-3)14-21(2)20(23)5-4-12-25-18-10-8-17(22)9-11-18;1-22(12-13-10-14(20)11-17(21)19(13)25-2)18(24)4-3-9-26-16-7-5-15(23)6-8-16/h2-3,5-6,8-11,28-29H,4,7,12-19H2,1H3;2-3,5-6,8-11,26H,4,7,12-18H2,1H3;2-3,5-6,8-11H,4,7,12-14H2,1H3;6-11,13,22H,4-5,12,14H2,1-3H3;5-8,10-11,23H,3-4,9,12H2,1-2H3. The number of hydrogen-bond donors (Lipinski definition) is 5. The van der Waals surface area contributed by atoms with E-state index in [0.717, 1.165) is 166 Å². The summed E-state index contributed by atoms with van der Waals surface area (Å²) in [6.45, 7) is 11.8. The molecule has 2 aliphatic heterocycles. The fourth-order valence-corrected chi connectivity index (χ4v) is 19.5. The van der Waals surface area contributed by atoms with Gasteiger partial charge < -0.3 is 73.9 Å². The van der Waals surface area contributed by atoms with Crippen molar-refractivity contribution in [3.05, 3.63) is 279 Å². The molecule has 33 heteroatoms. The summed E-state index contributed by atoms with van der Waals surface area (Å²) in [6.07, 6.45) is 1.24. The second kappa shape index (κ2) is 62.2. The van der Waals surface area contributed by atoms with Crippen LogP contribution in [0.5, 0.6) is 40.2 Å². The van der Waals surface area contributed by atoms with Crippen LogP contribution in [-0.2, 0) is 68.0 Å². The van der Waals surface area contributed by atoms with Crippen LogP contribution in [0.4, 0.5) is 23.2 Å². The quantitative estimate of drug-likeness (QED) is 0.0135. The summed E-state index contributed by atoms with van der Waals surface area (Å²) in [5.41, 5.74) is 8.33. The largest absolute Gasteiger partial charge is 0.508 e. The highest BCUT2D eigenvalue weighted by Gasteiger charge is 2.34. The number of methoxy groups -OCH3 is 3. The molecule has 0 aromatic heterocycles. The number of β-amino-alcohol motifs (C(OH)–C–C–N with tert-alkyl or cyclic N) is 1. The molecule has 22 nitrogen and oxygen atoms in total. The number of nitrogens with zero attached hydrogens (tertiary/aromatic N) is 8. The minimum absolute atomic E-state index is 0.000572. The molecule has 10 aromatic carbocycles. The number of benzene rings is 10. The second-order valence-corrected chi connectivity index (χ2v) is 39.8. The number of alkyl halides is 3. The van der Waals surface area contributed by atoms with Crippen molar-refractivity contribution >= 4 is 117 Å². The van der Waals surface area contributed by atoms with Crippen molar-refractivity contribution in [2.45, 2.75) is 141 Å². The average molecular weight is 2050 g/mol. The maximum absolute atomic E-state index is 12.9. The Morgan fingerprint density at radius 3 is 1.21 bits per heavy atom. The highest BCUT2D eigenvalue weighted by Crippen LogP contribution is 2.35. The third kappa shape index (κ3) is 43.1. The summed E-state index contributed by atoms with van der Waals surface area (Å²) in [6, 6.07) is 67.3. The number of rotatable bonds is 44. The lowest BCUT2D eigenvalue weighted by molar-refractivity contribution is -0.162. The molecule has 0 radical (unpaired) electrons. The number of aryl methyl sites for hydroxylation is 1. The molecule has 10 aromatic rings. The first-order valence-corrected chi connectivity index (χ1v) is 51.7. The van der Waals surface area contributed by atoms with Crippen LogP contribution >= 0.6 is 82.0 Å². The number of morpholine rings is 1. The summed E-state index contributed by atoms with van der Waals surface area (Å²) in [7, 11) is 12.0. The summed E-state index contributed by atoms with van der Waals surface area (Å²) in [5.74, 6) is 6.51. The third-order valence-corrected chi connectivity index (χ3v) is 28.2. The number of piperazine rings is 1. The first-order valence-electron chi connectivity index (χ1n) is 46.0. The zero-order chi connectivity index (χ0) is 100. The molecule has 0 unspecified atom stereocenters. The Morgan fingerprint density at radius 2 is 0.784 bits per heavy atom. The van der Waals surface area contributed by atoms with Crippen LogP contribution in [0.25, 0.3) is 0 Å². The first-order chi connectivity index (χ1) is 66.8. The number of carbonyl (C=O) groups excluding carboxylic acids is 5. The summed E-state index contributed by atoms with van der Waals surface area (Å²) in [4.78, 5) is 82.4. The van der Waals surface area contributed by atoms with Gasteiger partial charge in [-0.15, -0.1) is 58.8 Å². The molecule has 139 heavy (non-hydrogen) atoms. The molecule has 2 heterocycles. The van der Waals surface area contributed by atoms with Gasteiger partial charge in [-0.05, 0) is 242 Å². The predicted octanol–water partition coefficient (Wildman–Crippen LogP) is 21.6. The molecule has 5 amide bonds. The number of phenols is 4. The van der Waals surface area contributed by atoms with Gasteiger partial charge in [0.05, 0.1) is 46.2 Å². The van der Waals surface area contributed by atoms with Crippen molar-refractivity contribution in [2.75, 3.05) is 155 Å². The van der Waals surface area contributed by atoms with Gasteiger partial charge in [0.2, 0.25) is 29.5 Å². The van der Waals surface area contributed by atoms with Gasteiger partial charge >= 0.3 is 6.18 Å². The maximum Gasteiger partial charge on any atom is 0.406 e. The monoisotopic (exact) mass is 2040 g/mol. The van der Waals surface area contributed by atoms with Crippen LogP contribution in [0.2, 0.25) is 10.0 Å². The van der Waals surface area contributed by atoms with E-state index in [9.17, 15) is 62.0 Å². The zero-order valence-corrected chi connectivity index (χ0v) is 85.9. The molecule has 2 aliphatic rings. The van der Waals surface area contributed by atoms with Crippen LogP contribution in [0.3, 0.4) is 0 Å². The molecule has 12 rings (SSSR count).